The lowest BCUT2D eigenvalue weighted by Gasteiger charge is -2.13. The van der Waals surface area contributed by atoms with E-state index in [1.807, 2.05) is 0 Å². The van der Waals surface area contributed by atoms with E-state index in [1.54, 1.807) is 19.1 Å². The van der Waals surface area contributed by atoms with Crippen molar-refractivity contribution < 1.29 is 14.7 Å². The molecule has 1 aromatic rings. The number of anilines is 1. The quantitative estimate of drug-likeness (QED) is 0.801. The topological polar surface area (TPSA) is 78.4 Å². The van der Waals surface area contributed by atoms with Crippen LogP contribution in [0, 0.1) is 6.92 Å². The minimum absolute atomic E-state index is 0.258. The molecule has 7 heteroatoms. The number of urea groups is 1. The van der Waals surface area contributed by atoms with E-state index >= 15 is 0 Å². The van der Waals surface area contributed by atoms with E-state index in [0.29, 0.717) is 5.02 Å². The highest BCUT2D eigenvalue weighted by molar-refractivity contribution is 6.40. The molecule has 1 atom stereocenters. The normalized spacial score (nSPS) is 11.8. The summed E-state index contributed by atoms with van der Waals surface area (Å²) in [7, 11) is 0. The van der Waals surface area contributed by atoms with Crippen molar-refractivity contribution >= 4 is 40.9 Å². The Morgan fingerprint density at radius 2 is 1.94 bits per heavy atom. The number of carbonyl (C=O) groups excluding carboxylic acids is 1. The van der Waals surface area contributed by atoms with Crippen molar-refractivity contribution in [3.8, 4) is 0 Å². The molecule has 98 valence electrons. The van der Waals surface area contributed by atoms with E-state index in [4.69, 9.17) is 28.3 Å². The molecule has 0 saturated heterocycles. The monoisotopic (exact) mass is 290 g/mol. The lowest BCUT2D eigenvalue weighted by atomic mass is 10.2. The van der Waals surface area contributed by atoms with Crippen LogP contribution in [-0.2, 0) is 4.79 Å². The third-order valence-electron chi connectivity index (χ3n) is 2.24. The number of rotatable bonds is 3. The van der Waals surface area contributed by atoms with Gasteiger partial charge in [0.25, 0.3) is 0 Å². The van der Waals surface area contributed by atoms with Crippen LogP contribution in [0.3, 0.4) is 0 Å². The predicted octanol–water partition coefficient (Wildman–Crippen LogP) is 2.90. The standard InChI is InChI=1S/C11H12Cl2N2O3/c1-5-3-4-7(12)9(8(5)13)15-11(18)14-6(2)10(16)17/h3-4,6H,1-2H3,(H,16,17)(H2,14,15,18)/t6-/m0/s1. The van der Waals surface area contributed by atoms with Gasteiger partial charge in [0.2, 0.25) is 0 Å². The Labute approximate surface area is 114 Å². The molecule has 0 bridgehead atoms. The van der Waals surface area contributed by atoms with Crippen LogP contribution >= 0.6 is 23.2 Å². The first-order chi connectivity index (χ1) is 8.32. The third kappa shape index (κ3) is 3.51. The number of benzene rings is 1. The summed E-state index contributed by atoms with van der Waals surface area (Å²) in [4.78, 5) is 22.1. The molecule has 5 nitrogen and oxygen atoms in total. The van der Waals surface area contributed by atoms with Crippen molar-refractivity contribution in [1.29, 1.82) is 0 Å². The Hall–Kier alpha value is -1.46. The first-order valence-corrected chi connectivity index (χ1v) is 5.83. The summed E-state index contributed by atoms with van der Waals surface area (Å²) in [6.07, 6.45) is 0. The Balaban J connectivity index is 2.82. The fraction of sp³-hybridized carbons (Fsp3) is 0.273. The maximum absolute atomic E-state index is 11.5. The van der Waals surface area contributed by atoms with E-state index in [-0.39, 0.29) is 10.7 Å². The molecule has 0 spiro atoms. The second-order valence-corrected chi connectivity index (χ2v) is 4.50. The highest BCUT2D eigenvalue weighted by Crippen LogP contribution is 2.32. The number of halogens is 2. The van der Waals surface area contributed by atoms with Gasteiger partial charge in [0.1, 0.15) is 6.04 Å². The molecule has 18 heavy (non-hydrogen) atoms. The second-order valence-electron chi connectivity index (χ2n) is 3.71. The third-order valence-corrected chi connectivity index (χ3v) is 3.04. The van der Waals surface area contributed by atoms with Crippen molar-refractivity contribution in [3.63, 3.8) is 0 Å². The fourth-order valence-corrected chi connectivity index (χ4v) is 1.64. The van der Waals surface area contributed by atoms with E-state index in [9.17, 15) is 9.59 Å². The Kier molecular flexibility index (Phi) is 4.81. The first-order valence-electron chi connectivity index (χ1n) is 5.08. The van der Waals surface area contributed by atoms with Gasteiger partial charge >= 0.3 is 12.0 Å². The average Bonchev–Trinajstić information content (AvgIpc) is 2.29. The van der Waals surface area contributed by atoms with Crippen LogP contribution < -0.4 is 10.6 Å². The van der Waals surface area contributed by atoms with Crippen LogP contribution in [0.25, 0.3) is 0 Å². The van der Waals surface area contributed by atoms with Crippen LogP contribution in [0.5, 0.6) is 0 Å². The molecule has 0 heterocycles. The van der Waals surface area contributed by atoms with E-state index in [0.717, 1.165) is 5.56 Å². The highest BCUT2D eigenvalue weighted by atomic mass is 35.5. The molecule has 0 saturated carbocycles. The lowest BCUT2D eigenvalue weighted by molar-refractivity contribution is -0.138. The molecule has 0 fully saturated rings. The molecule has 0 unspecified atom stereocenters. The van der Waals surface area contributed by atoms with Crippen molar-refractivity contribution in [2.75, 3.05) is 5.32 Å². The van der Waals surface area contributed by atoms with Crippen LogP contribution in [0.4, 0.5) is 10.5 Å². The van der Waals surface area contributed by atoms with Crippen LogP contribution in [0.1, 0.15) is 12.5 Å². The molecule has 0 aromatic heterocycles. The van der Waals surface area contributed by atoms with Crippen molar-refractivity contribution in [1.82, 2.24) is 5.32 Å². The zero-order chi connectivity index (χ0) is 13.9. The lowest BCUT2D eigenvalue weighted by Crippen LogP contribution is -2.40. The maximum atomic E-state index is 11.5. The number of hydrogen-bond acceptors (Lipinski definition) is 2. The minimum Gasteiger partial charge on any atom is -0.480 e. The van der Waals surface area contributed by atoms with Gasteiger partial charge in [0.05, 0.1) is 15.7 Å². The summed E-state index contributed by atoms with van der Waals surface area (Å²) in [5, 5.41) is 13.9. The summed E-state index contributed by atoms with van der Waals surface area (Å²) in [6, 6.07) is 1.62. The van der Waals surface area contributed by atoms with Gasteiger partial charge in [-0.25, -0.2) is 4.79 Å². The highest BCUT2D eigenvalue weighted by Gasteiger charge is 2.16. The number of carboxylic acid groups (broad SMARTS) is 1. The predicted molar refractivity (Wildman–Crippen MR) is 70.5 cm³/mol. The molecule has 1 rings (SSSR count). The first kappa shape index (κ1) is 14.6. The van der Waals surface area contributed by atoms with E-state index in [2.05, 4.69) is 10.6 Å². The molecular formula is C11H12Cl2N2O3. The van der Waals surface area contributed by atoms with Gasteiger partial charge in [-0.3, -0.25) is 4.79 Å². The molecule has 0 aliphatic heterocycles. The van der Waals surface area contributed by atoms with Crippen LogP contribution in [-0.4, -0.2) is 23.1 Å². The van der Waals surface area contributed by atoms with Gasteiger partial charge in [-0.1, -0.05) is 29.3 Å². The molecule has 3 N–H and O–H groups in total. The summed E-state index contributed by atoms with van der Waals surface area (Å²) in [6.45, 7) is 3.11. The van der Waals surface area contributed by atoms with Gasteiger partial charge < -0.3 is 15.7 Å². The van der Waals surface area contributed by atoms with Gasteiger partial charge in [-0.15, -0.1) is 0 Å². The number of hydrogen-bond donors (Lipinski definition) is 3. The number of aliphatic carboxylic acids is 1. The van der Waals surface area contributed by atoms with Gasteiger partial charge in [0.15, 0.2) is 0 Å². The van der Waals surface area contributed by atoms with E-state index in [1.165, 1.54) is 6.92 Å². The molecule has 2 amide bonds. The van der Waals surface area contributed by atoms with Gasteiger partial charge in [-0.05, 0) is 25.5 Å². The van der Waals surface area contributed by atoms with Crippen molar-refractivity contribution in [2.45, 2.75) is 19.9 Å². The SMILES string of the molecule is Cc1ccc(Cl)c(NC(=O)N[C@@H](C)C(=O)O)c1Cl. The van der Waals surface area contributed by atoms with Gasteiger partial charge in [0, 0.05) is 0 Å². The fourth-order valence-electron chi connectivity index (χ4n) is 1.18. The summed E-state index contributed by atoms with van der Waals surface area (Å²) < 4.78 is 0. The Morgan fingerprint density at radius 1 is 1.33 bits per heavy atom. The second kappa shape index (κ2) is 5.93. The molecule has 1 aromatic carbocycles. The Bertz CT molecular complexity index is 491. The van der Waals surface area contributed by atoms with Crippen LogP contribution in [0.15, 0.2) is 12.1 Å². The number of nitrogens with one attached hydrogen (secondary N) is 2. The number of carboxylic acids is 1. The van der Waals surface area contributed by atoms with Crippen molar-refractivity contribution in [3.05, 3.63) is 27.7 Å². The van der Waals surface area contributed by atoms with E-state index < -0.39 is 18.0 Å². The largest absolute Gasteiger partial charge is 0.480 e. The number of aryl methyl sites for hydroxylation is 1. The summed E-state index contributed by atoms with van der Waals surface area (Å²) >= 11 is 11.9. The average molecular weight is 291 g/mol. The zero-order valence-electron chi connectivity index (χ0n) is 9.75. The van der Waals surface area contributed by atoms with Crippen molar-refractivity contribution in [2.24, 2.45) is 0 Å². The summed E-state index contributed by atoms with van der Waals surface area (Å²) in [5.74, 6) is -1.13. The molecule has 0 aliphatic rings. The van der Waals surface area contributed by atoms with Gasteiger partial charge in [-0.2, -0.15) is 0 Å². The smallest absolute Gasteiger partial charge is 0.325 e. The Morgan fingerprint density at radius 3 is 2.50 bits per heavy atom. The molecule has 0 radical (unpaired) electrons. The summed E-state index contributed by atoms with van der Waals surface area (Å²) in [5.41, 5.74) is 1.01. The number of carbonyl (C=O) groups is 2. The van der Waals surface area contributed by atoms with Crippen LogP contribution in [0.2, 0.25) is 10.0 Å². The molecule has 0 aliphatic carbocycles. The zero-order valence-corrected chi connectivity index (χ0v) is 11.3. The molecular weight excluding hydrogens is 279 g/mol. The number of amides is 2. The minimum atomic E-state index is -1.13. The maximum Gasteiger partial charge on any atom is 0.325 e.